The third kappa shape index (κ3) is 4.21. The van der Waals surface area contributed by atoms with E-state index in [1.165, 1.54) is 28.1 Å². The Morgan fingerprint density at radius 3 is 2.31 bits per heavy atom. The molecule has 184 valence electrons. The van der Waals surface area contributed by atoms with Crippen molar-refractivity contribution in [1.29, 1.82) is 0 Å². The number of hydrogen-bond donors (Lipinski definition) is 1. The number of nitrogens with one attached hydrogen (secondary N) is 1. The number of halogens is 1. The maximum atomic E-state index is 6.38. The van der Waals surface area contributed by atoms with Crippen LogP contribution in [0.3, 0.4) is 0 Å². The molecule has 0 bridgehead atoms. The summed E-state index contributed by atoms with van der Waals surface area (Å²) in [5.74, 6) is 0.471. The van der Waals surface area contributed by atoms with Gasteiger partial charge in [0.15, 0.2) is 5.11 Å². The lowest BCUT2D eigenvalue weighted by atomic mass is 9.93. The fourth-order valence-corrected chi connectivity index (χ4v) is 5.92. The molecule has 0 aliphatic carbocycles. The average Bonchev–Trinajstić information content (AvgIpc) is 3.31. The molecule has 1 aliphatic heterocycles. The van der Waals surface area contributed by atoms with Gasteiger partial charge in [-0.05, 0) is 92.5 Å². The van der Waals surface area contributed by atoms with Gasteiger partial charge in [-0.15, -0.1) is 0 Å². The lowest BCUT2D eigenvalue weighted by Crippen LogP contribution is -2.29. The molecule has 0 amide bonds. The fourth-order valence-electron chi connectivity index (χ4n) is 5.39. The molecule has 5 rings (SSSR count). The van der Waals surface area contributed by atoms with Crippen LogP contribution >= 0.6 is 23.8 Å². The van der Waals surface area contributed by atoms with E-state index in [9.17, 15) is 0 Å². The Morgan fingerprint density at radius 2 is 1.67 bits per heavy atom. The minimum atomic E-state index is -0.0875. The van der Waals surface area contributed by atoms with Crippen LogP contribution in [0.2, 0.25) is 5.02 Å². The number of rotatable bonds is 5. The van der Waals surface area contributed by atoms with Crippen LogP contribution in [0.1, 0.15) is 65.6 Å². The molecule has 36 heavy (non-hydrogen) atoms. The number of pyridine rings is 1. The molecule has 1 fully saturated rings. The summed E-state index contributed by atoms with van der Waals surface area (Å²) in [7, 11) is 0. The van der Waals surface area contributed by atoms with E-state index in [1.54, 1.807) is 0 Å². The smallest absolute Gasteiger partial charge is 0.174 e. The van der Waals surface area contributed by atoms with Crippen molar-refractivity contribution in [3.05, 3.63) is 112 Å². The van der Waals surface area contributed by atoms with Crippen LogP contribution in [-0.2, 0) is 0 Å². The van der Waals surface area contributed by atoms with Gasteiger partial charge in [0.2, 0.25) is 0 Å². The van der Waals surface area contributed by atoms with Crippen molar-refractivity contribution in [1.82, 2.24) is 14.9 Å². The topological polar surface area (TPSA) is 33.1 Å². The van der Waals surface area contributed by atoms with Gasteiger partial charge >= 0.3 is 0 Å². The molecule has 0 spiro atoms. The van der Waals surface area contributed by atoms with Crippen LogP contribution in [0.4, 0.5) is 5.69 Å². The van der Waals surface area contributed by atoms with Crippen LogP contribution in [0.25, 0.3) is 5.69 Å². The number of thiocarbonyl (C=S) groups is 1. The highest BCUT2D eigenvalue weighted by Gasteiger charge is 2.43. The maximum Gasteiger partial charge on any atom is 0.174 e. The van der Waals surface area contributed by atoms with Gasteiger partial charge in [-0.2, -0.15) is 0 Å². The lowest BCUT2D eigenvalue weighted by molar-refractivity contribution is 0.563. The normalized spacial score (nSPS) is 17.6. The third-order valence-corrected chi connectivity index (χ3v) is 7.86. The van der Waals surface area contributed by atoms with E-state index in [0.29, 0.717) is 11.0 Å². The number of anilines is 1. The highest BCUT2D eigenvalue weighted by Crippen LogP contribution is 2.45. The molecular formula is C30H31ClN4S. The Labute approximate surface area is 223 Å². The number of nitrogens with zero attached hydrogens (tertiary/aromatic N) is 3. The van der Waals surface area contributed by atoms with E-state index >= 15 is 0 Å². The molecule has 2 unspecified atom stereocenters. The number of hydrogen-bond acceptors (Lipinski definition) is 2. The van der Waals surface area contributed by atoms with Crippen molar-refractivity contribution in [3.63, 3.8) is 0 Å². The van der Waals surface area contributed by atoms with E-state index in [2.05, 4.69) is 85.8 Å². The fraction of sp³-hybridized carbons (Fsp3) is 0.267. The second-order valence-corrected chi connectivity index (χ2v) is 10.6. The van der Waals surface area contributed by atoms with Crippen molar-refractivity contribution < 1.29 is 0 Å². The van der Waals surface area contributed by atoms with Gasteiger partial charge in [0.1, 0.15) is 0 Å². The first-order valence-corrected chi connectivity index (χ1v) is 13.1. The molecule has 4 nitrogen and oxygen atoms in total. The SMILES string of the molecule is Cc1c(C2C(c3ccccn3)NC(=S)N2c2ccc(C(C)C)cc2)c(C)n(-c2cccc(Cl)c2)c1C. The zero-order valence-corrected chi connectivity index (χ0v) is 22.9. The van der Waals surface area contributed by atoms with Gasteiger partial charge in [-0.25, -0.2) is 0 Å². The summed E-state index contributed by atoms with van der Waals surface area (Å²) in [6.45, 7) is 11.0. The summed E-state index contributed by atoms with van der Waals surface area (Å²) in [4.78, 5) is 6.98. The summed E-state index contributed by atoms with van der Waals surface area (Å²) >= 11 is 12.3. The van der Waals surface area contributed by atoms with E-state index < -0.39 is 0 Å². The van der Waals surface area contributed by atoms with Gasteiger partial charge in [-0.3, -0.25) is 4.98 Å². The Kier molecular flexibility index (Phi) is 6.62. The molecule has 1 saturated heterocycles. The zero-order chi connectivity index (χ0) is 25.6. The Morgan fingerprint density at radius 1 is 0.917 bits per heavy atom. The molecule has 6 heteroatoms. The highest BCUT2D eigenvalue weighted by atomic mass is 35.5. The third-order valence-electron chi connectivity index (χ3n) is 7.31. The van der Waals surface area contributed by atoms with Crippen molar-refractivity contribution in [2.24, 2.45) is 0 Å². The average molecular weight is 515 g/mol. The number of benzene rings is 2. The highest BCUT2D eigenvalue weighted by molar-refractivity contribution is 7.80. The van der Waals surface area contributed by atoms with Crippen LogP contribution in [-0.4, -0.2) is 14.7 Å². The Bertz CT molecular complexity index is 1410. The molecule has 2 atom stereocenters. The van der Waals surface area contributed by atoms with Crippen molar-refractivity contribution in [3.8, 4) is 5.69 Å². The molecule has 0 radical (unpaired) electrons. The molecule has 3 heterocycles. The maximum absolute atomic E-state index is 6.38. The van der Waals surface area contributed by atoms with Gasteiger partial charge in [0, 0.05) is 39.5 Å². The van der Waals surface area contributed by atoms with Gasteiger partial charge in [-0.1, -0.05) is 49.7 Å². The second kappa shape index (κ2) is 9.72. The lowest BCUT2D eigenvalue weighted by Gasteiger charge is -2.29. The van der Waals surface area contributed by atoms with Crippen molar-refractivity contribution >= 4 is 34.6 Å². The summed E-state index contributed by atoms with van der Waals surface area (Å²) in [6, 6.07) is 22.7. The summed E-state index contributed by atoms with van der Waals surface area (Å²) in [6.07, 6.45) is 1.85. The molecule has 1 aliphatic rings. The quantitative estimate of drug-likeness (QED) is 0.276. The molecule has 4 aromatic rings. The van der Waals surface area contributed by atoms with E-state index in [-0.39, 0.29) is 12.1 Å². The van der Waals surface area contributed by atoms with Crippen molar-refractivity contribution in [2.75, 3.05) is 4.90 Å². The largest absolute Gasteiger partial charge is 0.351 e. The summed E-state index contributed by atoms with van der Waals surface area (Å²) < 4.78 is 2.30. The first-order valence-electron chi connectivity index (χ1n) is 12.3. The predicted molar refractivity (Wildman–Crippen MR) is 153 cm³/mol. The van der Waals surface area contributed by atoms with Crippen LogP contribution in [0.5, 0.6) is 0 Å². The predicted octanol–water partition coefficient (Wildman–Crippen LogP) is 7.75. The van der Waals surface area contributed by atoms with Crippen LogP contribution < -0.4 is 10.2 Å². The molecule has 2 aromatic carbocycles. The first kappa shape index (κ1) is 24.5. The minimum absolute atomic E-state index is 0.0589. The standard InChI is InChI=1S/C30H31ClN4S/c1-18(2)22-12-14-24(15-13-22)35-29(28(33-30(35)36)26-11-6-7-16-32-26)27-19(3)20(4)34(21(27)5)25-10-8-9-23(31)17-25/h6-18,28-29H,1-5H3,(H,33,36). The van der Waals surface area contributed by atoms with E-state index in [1.807, 2.05) is 36.5 Å². The first-order chi connectivity index (χ1) is 17.3. The molecule has 2 aromatic heterocycles. The molecule has 1 N–H and O–H groups in total. The molecule has 0 saturated carbocycles. The summed E-state index contributed by atoms with van der Waals surface area (Å²) in [5, 5.41) is 5.03. The van der Waals surface area contributed by atoms with Crippen LogP contribution in [0, 0.1) is 20.8 Å². The zero-order valence-electron chi connectivity index (χ0n) is 21.3. The second-order valence-electron chi connectivity index (χ2n) is 9.77. The Balaban J connectivity index is 1.70. The summed E-state index contributed by atoms with van der Waals surface area (Å²) in [5.41, 5.74) is 9.28. The monoisotopic (exact) mass is 514 g/mol. The Hall–Kier alpha value is -3.15. The van der Waals surface area contributed by atoms with Gasteiger partial charge < -0.3 is 14.8 Å². The van der Waals surface area contributed by atoms with Crippen LogP contribution in [0.15, 0.2) is 72.9 Å². The van der Waals surface area contributed by atoms with Crippen molar-refractivity contribution in [2.45, 2.75) is 52.6 Å². The van der Waals surface area contributed by atoms with Gasteiger partial charge in [0.05, 0.1) is 17.8 Å². The minimum Gasteiger partial charge on any atom is -0.351 e. The molecular weight excluding hydrogens is 484 g/mol. The van der Waals surface area contributed by atoms with E-state index in [4.69, 9.17) is 28.8 Å². The van der Waals surface area contributed by atoms with Gasteiger partial charge in [0.25, 0.3) is 0 Å². The van der Waals surface area contributed by atoms with E-state index in [0.717, 1.165) is 22.1 Å². The number of aromatic nitrogens is 2.